The molecular weight excluding hydrogens is 176 g/mol. The summed E-state index contributed by atoms with van der Waals surface area (Å²) in [6, 6.07) is 0.0659. The molecule has 1 saturated carbocycles. The second-order valence-corrected chi connectivity index (χ2v) is 4.95. The van der Waals surface area contributed by atoms with Crippen molar-refractivity contribution < 1.29 is 8.42 Å². The van der Waals surface area contributed by atoms with Crippen LogP contribution in [-0.2, 0) is 10.2 Å². The van der Waals surface area contributed by atoms with Crippen LogP contribution in [-0.4, -0.2) is 14.5 Å². The molecule has 0 aromatic carbocycles. The van der Waals surface area contributed by atoms with Crippen molar-refractivity contribution in [2.24, 2.45) is 11.1 Å². The summed E-state index contributed by atoms with van der Waals surface area (Å²) in [6.07, 6.45) is 4.01. The van der Waals surface area contributed by atoms with Crippen LogP contribution in [0.15, 0.2) is 0 Å². The van der Waals surface area contributed by atoms with Crippen molar-refractivity contribution in [3.05, 3.63) is 0 Å². The minimum Gasteiger partial charge on any atom is -0.216 e. The highest BCUT2D eigenvalue weighted by atomic mass is 32.2. The SMILES string of the molecule is CC1CCC(NS(N)(=O)=O)CC1. The quantitative estimate of drug-likeness (QED) is 0.663. The maximum absolute atomic E-state index is 10.6. The molecule has 0 radical (unpaired) electrons. The lowest BCUT2D eigenvalue weighted by molar-refractivity contribution is 0.332. The third-order valence-corrected chi connectivity index (χ3v) is 3.01. The number of nitrogens with two attached hydrogens (primary N) is 1. The van der Waals surface area contributed by atoms with Crippen molar-refractivity contribution in [3.8, 4) is 0 Å². The molecule has 1 fully saturated rings. The van der Waals surface area contributed by atoms with Crippen LogP contribution in [0.25, 0.3) is 0 Å². The van der Waals surface area contributed by atoms with E-state index in [2.05, 4.69) is 11.6 Å². The molecule has 0 aromatic heterocycles. The van der Waals surface area contributed by atoms with Crippen molar-refractivity contribution in [2.75, 3.05) is 0 Å². The van der Waals surface area contributed by atoms with Crippen molar-refractivity contribution in [1.29, 1.82) is 0 Å². The van der Waals surface area contributed by atoms with Gasteiger partial charge in [0.05, 0.1) is 0 Å². The van der Waals surface area contributed by atoms with Crippen molar-refractivity contribution in [2.45, 2.75) is 38.6 Å². The predicted molar refractivity (Wildman–Crippen MR) is 47.7 cm³/mol. The normalized spacial score (nSPS) is 31.8. The van der Waals surface area contributed by atoms with E-state index in [4.69, 9.17) is 5.14 Å². The first kappa shape index (κ1) is 9.95. The van der Waals surface area contributed by atoms with E-state index in [0.29, 0.717) is 0 Å². The summed E-state index contributed by atoms with van der Waals surface area (Å²) in [5, 5.41) is 4.86. The molecule has 0 aliphatic heterocycles. The minimum atomic E-state index is -3.49. The van der Waals surface area contributed by atoms with Gasteiger partial charge in [-0.2, -0.15) is 13.1 Å². The van der Waals surface area contributed by atoms with E-state index < -0.39 is 10.2 Å². The average molecular weight is 192 g/mol. The Labute approximate surface area is 73.7 Å². The number of rotatable bonds is 2. The lowest BCUT2D eigenvalue weighted by Gasteiger charge is -2.25. The molecule has 5 heteroatoms. The second-order valence-electron chi connectivity index (χ2n) is 3.62. The number of nitrogens with one attached hydrogen (secondary N) is 1. The molecule has 1 aliphatic rings. The van der Waals surface area contributed by atoms with E-state index >= 15 is 0 Å². The molecule has 0 spiro atoms. The van der Waals surface area contributed by atoms with Gasteiger partial charge >= 0.3 is 0 Å². The van der Waals surface area contributed by atoms with Gasteiger partial charge in [-0.05, 0) is 31.6 Å². The van der Waals surface area contributed by atoms with Crippen LogP contribution < -0.4 is 9.86 Å². The van der Waals surface area contributed by atoms with Crippen LogP contribution in [0.2, 0.25) is 0 Å². The third-order valence-electron chi connectivity index (χ3n) is 2.35. The van der Waals surface area contributed by atoms with Gasteiger partial charge in [-0.3, -0.25) is 0 Å². The Hall–Kier alpha value is -0.130. The summed E-state index contributed by atoms with van der Waals surface area (Å²) in [6.45, 7) is 2.19. The summed E-state index contributed by atoms with van der Waals surface area (Å²) in [7, 11) is -3.49. The van der Waals surface area contributed by atoms with Crippen LogP contribution >= 0.6 is 0 Å². The van der Waals surface area contributed by atoms with E-state index in [0.717, 1.165) is 31.6 Å². The van der Waals surface area contributed by atoms with Crippen molar-refractivity contribution in [3.63, 3.8) is 0 Å². The topological polar surface area (TPSA) is 72.2 Å². The molecule has 1 aliphatic carbocycles. The molecule has 4 nitrogen and oxygen atoms in total. The van der Waals surface area contributed by atoms with Crippen LogP contribution in [0.5, 0.6) is 0 Å². The molecule has 0 unspecified atom stereocenters. The van der Waals surface area contributed by atoms with Gasteiger partial charge in [0.25, 0.3) is 10.2 Å². The Morgan fingerprint density at radius 2 is 1.75 bits per heavy atom. The zero-order valence-corrected chi connectivity index (χ0v) is 8.10. The summed E-state index contributed by atoms with van der Waals surface area (Å²) >= 11 is 0. The monoisotopic (exact) mass is 192 g/mol. The molecule has 3 N–H and O–H groups in total. The first-order valence-electron chi connectivity index (χ1n) is 4.27. The predicted octanol–water partition coefficient (Wildman–Crippen LogP) is 0.358. The number of hydrogen-bond donors (Lipinski definition) is 2. The molecule has 72 valence electrons. The van der Waals surface area contributed by atoms with E-state index in [-0.39, 0.29) is 6.04 Å². The highest BCUT2D eigenvalue weighted by Crippen LogP contribution is 2.23. The first-order valence-corrected chi connectivity index (χ1v) is 5.82. The molecule has 0 bridgehead atoms. The summed E-state index contributed by atoms with van der Waals surface area (Å²) in [5.41, 5.74) is 0. The third kappa shape index (κ3) is 3.51. The molecular formula is C7H16N2O2S. The molecule has 0 aromatic rings. The zero-order chi connectivity index (χ0) is 9.19. The smallest absolute Gasteiger partial charge is 0.216 e. The fraction of sp³-hybridized carbons (Fsp3) is 1.00. The molecule has 0 saturated heterocycles. The lowest BCUT2D eigenvalue weighted by Crippen LogP contribution is -2.41. The maximum atomic E-state index is 10.6. The lowest BCUT2D eigenvalue weighted by atomic mass is 9.88. The highest BCUT2D eigenvalue weighted by molar-refractivity contribution is 7.87. The zero-order valence-electron chi connectivity index (χ0n) is 7.29. The van der Waals surface area contributed by atoms with E-state index in [1.165, 1.54) is 0 Å². The van der Waals surface area contributed by atoms with Crippen LogP contribution in [0.1, 0.15) is 32.6 Å². The minimum absolute atomic E-state index is 0.0659. The highest BCUT2D eigenvalue weighted by Gasteiger charge is 2.20. The average Bonchev–Trinajstić information content (AvgIpc) is 1.91. The fourth-order valence-electron chi connectivity index (χ4n) is 1.61. The second kappa shape index (κ2) is 3.72. The van der Waals surface area contributed by atoms with Gasteiger partial charge in [0.1, 0.15) is 0 Å². The molecule has 12 heavy (non-hydrogen) atoms. The number of hydrogen-bond acceptors (Lipinski definition) is 2. The summed E-state index contributed by atoms with van der Waals surface area (Å²) < 4.78 is 23.7. The van der Waals surface area contributed by atoms with E-state index in [1.807, 2.05) is 0 Å². The first-order chi connectivity index (χ1) is 5.47. The molecule has 0 amide bonds. The van der Waals surface area contributed by atoms with Gasteiger partial charge in [0.2, 0.25) is 0 Å². The molecule has 0 atom stereocenters. The van der Waals surface area contributed by atoms with Gasteiger partial charge < -0.3 is 0 Å². The van der Waals surface area contributed by atoms with E-state index in [1.54, 1.807) is 0 Å². The van der Waals surface area contributed by atoms with Crippen LogP contribution in [0.4, 0.5) is 0 Å². The molecule has 0 heterocycles. The largest absolute Gasteiger partial charge is 0.274 e. The Balaban J connectivity index is 2.36. The van der Waals surface area contributed by atoms with E-state index in [9.17, 15) is 8.42 Å². The Kier molecular flexibility index (Phi) is 3.09. The maximum Gasteiger partial charge on any atom is 0.274 e. The van der Waals surface area contributed by atoms with Crippen molar-refractivity contribution in [1.82, 2.24) is 4.72 Å². The van der Waals surface area contributed by atoms with Gasteiger partial charge in [-0.1, -0.05) is 6.92 Å². The Bertz CT molecular complexity index is 230. The Morgan fingerprint density at radius 1 is 1.25 bits per heavy atom. The van der Waals surface area contributed by atoms with Gasteiger partial charge in [0.15, 0.2) is 0 Å². The van der Waals surface area contributed by atoms with Gasteiger partial charge in [-0.15, -0.1) is 0 Å². The summed E-state index contributed by atoms with van der Waals surface area (Å²) in [4.78, 5) is 0. The van der Waals surface area contributed by atoms with Gasteiger partial charge in [-0.25, -0.2) is 5.14 Å². The standard InChI is InChI=1S/C7H16N2O2S/c1-6-2-4-7(5-3-6)9-12(8,10)11/h6-7,9H,2-5H2,1H3,(H2,8,10,11). The molecule has 1 rings (SSSR count). The van der Waals surface area contributed by atoms with Crippen LogP contribution in [0.3, 0.4) is 0 Å². The van der Waals surface area contributed by atoms with Crippen LogP contribution in [0, 0.1) is 5.92 Å². The van der Waals surface area contributed by atoms with Crippen molar-refractivity contribution >= 4 is 10.2 Å². The summed E-state index contributed by atoms with van der Waals surface area (Å²) in [5.74, 6) is 0.725. The fourth-order valence-corrected chi connectivity index (χ4v) is 2.31. The Morgan fingerprint density at radius 3 is 2.17 bits per heavy atom. The van der Waals surface area contributed by atoms with Gasteiger partial charge in [0, 0.05) is 6.04 Å².